The maximum atomic E-state index is 12.3. The molecule has 1 aliphatic carbocycles. The molecule has 2 heterocycles. The minimum Gasteiger partial charge on any atom is -0.352 e. The lowest BCUT2D eigenvalue weighted by atomic mass is 10.1. The summed E-state index contributed by atoms with van der Waals surface area (Å²) in [5, 5.41) is 11.4. The summed E-state index contributed by atoms with van der Waals surface area (Å²) in [7, 11) is 0. The Balaban J connectivity index is 1.36. The van der Waals surface area contributed by atoms with Gasteiger partial charge in [0.15, 0.2) is 0 Å². The SMILES string of the molecule is O=C(NCCc1nnc2n1CCC2)c1ccc2c(c1)CCC2. The Morgan fingerprint density at radius 2 is 2.05 bits per heavy atom. The number of aryl methyl sites for hydroxylation is 3. The molecule has 2 aliphatic rings. The maximum absolute atomic E-state index is 12.3. The molecule has 5 nitrogen and oxygen atoms in total. The van der Waals surface area contributed by atoms with Gasteiger partial charge >= 0.3 is 0 Å². The number of nitrogens with one attached hydrogen (secondary N) is 1. The van der Waals surface area contributed by atoms with Gasteiger partial charge in [-0.05, 0) is 48.9 Å². The van der Waals surface area contributed by atoms with Gasteiger partial charge in [0, 0.05) is 31.5 Å². The van der Waals surface area contributed by atoms with E-state index in [1.807, 2.05) is 12.1 Å². The number of fused-ring (bicyclic) bond motifs is 2. The fraction of sp³-hybridized carbons (Fsp3) is 0.471. The largest absolute Gasteiger partial charge is 0.352 e. The van der Waals surface area contributed by atoms with Gasteiger partial charge < -0.3 is 9.88 Å². The van der Waals surface area contributed by atoms with Crippen LogP contribution in [0.4, 0.5) is 0 Å². The van der Waals surface area contributed by atoms with E-state index in [2.05, 4.69) is 26.1 Å². The Labute approximate surface area is 129 Å². The number of hydrogen-bond acceptors (Lipinski definition) is 3. The first-order valence-corrected chi connectivity index (χ1v) is 8.12. The standard InChI is InChI=1S/C17H20N4O/c22-17(14-7-6-12-3-1-4-13(12)11-14)18-9-8-16-20-19-15-5-2-10-21(15)16/h6-7,11H,1-5,8-10H2,(H,18,22). The third-order valence-corrected chi connectivity index (χ3v) is 4.68. The molecule has 1 aliphatic heterocycles. The number of rotatable bonds is 4. The molecule has 1 amide bonds. The van der Waals surface area contributed by atoms with Crippen molar-refractivity contribution in [2.24, 2.45) is 0 Å². The van der Waals surface area contributed by atoms with E-state index in [0.717, 1.165) is 55.9 Å². The maximum Gasteiger partial charge on any atom is 0.251 e. The fourth-order valence-corrected chi connectivity index (χ4v) is 3.50. The van der Waals surface area contributed by atoms with Crippen molar-refractivity contribution >= 4 is 5.91 Å². The summed E-state index contributed by atoms with van der Waals surface area (Å²) in [6, 6.07) is 6.09. The molecular formula is C17H20N4O. The Hall–Kier alpha value is -2.17. The van der Waals surface area contributed by atoms with E-state index in [1.54, 1.807) is 0 Å². The van der Waals surface area contributed by atoms with E-state index in [1.165, 1.54) is 17.5 Å². The second-order valence-corrected chi connectivity index (χ2v) is 6.13. The molecule has 5 heteroatoms. The van der Waals surface area contributed by atoms with Gasteiger partial charge in [-0.15, -0.1) is 10.2 Å². The quantitative estimate of drug-likeness (QED) is 0.934. The second-order valence-electron chi connectivity index (χ2n) is 6.13. The molecule has 1 aromatic heterocycles. The lowest BCUT2D eigenvalue weighted by Crippen LogP contribution is -2.26. The second kappa shape index (κ2) is 5.55. The summed E-state index contributed by atoms with van der Waals surface area (Å²) in [5.74, 6) is 2.08. The molecule has 0 saturated carbocycles. The van der Waals surface area contributed by atoms with Crippen molar-refractivity contribution in [2.75, 3.05) is 6.54 Å². The third kappa shape index (κ3) is 2.40. The molecule has 0 radical (unpaired) electrons. The number of aromatic nitrogens is 3. The lowest BCUT2D eigenvalue weighted by Gasteiger charge is -2.07. The zero-order valence-electron chi connectivity index (χ0n) is 12.6. The average molecular weight is 296 g/mol. The zero-order chi connectivity index (χ0) is 14.9. The summed E-state index contributed by atoms with van der Waals surface area (Å²) < 4.78 is 2.18. The summed E-state index contributed by atoms with van der Waals surface area (Å²) >= 11 is 0. The monoisotopic (exact) mass is 296 g/mol. The van der Waals surface area contributed by atoms with Crippen LogP contribution in [0.5, 0.6) is 0 Å². The Morgan fingerprint density at radius 1 is 1.14 bits per heavy atom. The minimum atomic E-state index is 0.0101. The van der Waals surface area contributed by atoms with E-state index < -0.39 is 0 Å². The van der Waals surface area contributed by atoms with Crippen LogP contribution in [0.3, 0.4) is 0 Å². The molecular weight excluding hydrogens is 276 g/mol. The highest BCUT2D eigenvalue weighted by molar-refractivity contribution is 5.94. The molecule has 0 unspecified atom stereocenters. The Morgan fingerprint density at radius 3 is 3.00 bits per heavy atom. The van der Waals surface area contributed by atoms with Crippen molar-refractivity contribution in [2.45, 2.75) is 45.1 Å². The highest BCUT2D eigenvalue weighted by Crippen LogP contribution is 2.22. The number of nitrogens with zero attached hydrogens (tertiary/aromatic N) is 3. The number of amides is 1. The molecule has 0 spiro atoms. The van der Waals surface area contributed by atoms with Crippen molar-refractivity contribution in [3.63, 3.8) is 0 Å². The van der Waals surface area contributed by atoms with Crippen LogP contribution < -0.4 is 5.32 Å². The van der Waals surface area contributed by atoms with Crippen molar-refractivity contribution in [3.8, 4) is 0 Å². The van der Waals surface area contributed by atoms with Gasteiger partial charge in [0.1, 0.15) is 11.6 Å². The summed E-state index contributed by atoms with van der Waals surface area (Å²) in [6.07, 6.45) is 6.37. The highest BCUT2D eigenvalue weighted by Gasteiger charge is 2.17. The van der Waals surface area contributed by atoms with Gasteiger partial charge in [0.25, 0.3) is 5.91 Å². The number of carbonyl (C=O) groups excluding carboxylic acids is 1. The van der Waals surface area contributed by atoms with Crippen LogP contribution in [0.2, 0.25) is 0 Å². The van der Waals surface area contributed by atoms with Crippen LogP contribution in [0.25, 0.3) is 0 Å². The Kier molecular flexibility index (Phi) is 3.41. The van der Waals surface area contributed by atoms with Gasteiger partial charge in [-0.2, -0.15) is 0 Å². The third-order valence-electron chi connectivity index (χ3n) is 4.68. The molecule has 1 aromatic carbocycles. The van der Waals surface area contributed by atoms with Gasteiger partial charge in [-0.3, -0.25) is 4.79 Å². The summed E-state index contributed by atoms with van der Waals surface area (Å²) in [5.41, 5.74) is 3.51. The van der Waals surface area contributed by atoms with Gasteiger partial charge in [0.05, 0.1) is 0 Å². The van der Waals surface area contributed by atoms with Gasteiger partial charge in [-0.25, -0.2) is 0 Å². The van der Waals surface area contributed by atoms with Crippen molar-refractivity contribution in [1.82, 2.24) is 20.1 Å². The van der Waals surface area contributed by atoms with Crippen molar-refractivity contribution < 1.29 is 4.79 Å². The predicted octanol–water partition coefficient (Wildman–Crippen LogP) is 1.69. The van der Waals surface area contributed by atoms with Gasteiger partial charge in [0.2, 0.25) is 0 Å². The first kappa shape index (κ1) is 13.5. The molecule has 0 bridgehead atoms. The smallest absolute Gasteiger partial charge is 0.251 e. The molecule has 0 fully saturated rings. The lowest BCUT2D eigenvalue weighted by molar-refractivity contribution is 0.0954. The molecule has 114 valence electrons. The predicted molar refractivity (Wildman–Crippen MR) is 82.8 cm³/mol. The van der Waals surface area contributed by atoms with Crippen LogP contribution in [0.1, 0.15) is 46.0 Å². The Bertz CT molecular complexity index is 719. The fourth-order valence-electron chi connectivity index (χ4n) is 3.50. The summed E-state index contributed by atoms with van der Waals surface area (Å²) in [6.45, 7) is 1.62. The average Bonchev–Trinajstić information content (AvgIpc) is 3.23. The van der Waals surface area contributed by atoms with Crippen molar-refractivity contribution in [3.05, 3.63) is 46.5 Å². The number of carbonyl (C=O) groups is 1. The van der Waals surface area contributed by atoms with E-state index >= 15 is 0 Å². The zero-order valence-corrected chi connectivity index (χ0v) is 12.6. The molecule has 22 heavy (non-hydrogen) atoms. The van der Waals surface area contributed by atoms with E-state index in [-0.39, 0.29) is 5.91 Å². The number of hydrogen-bond donors (Lipinski definition) is 1. The van der Waals surface area contributed by atoms with E-state index in [4.69, 9.17) is 0 Å². The van der Waals surface area contributed by atoms with E-state index in [0.29, 0.717) is 6.54 Å². The molecule has 4 rings (SSSR count). The first-order chi connectivity index (χ1) is 10.8. The molecule has 0 saturated heterocycles. The molecule has 2 aromatic rings. The normalized spacial score (nSPS) is 15.6. The van der Waals surface area contributed by atoms with E-state index in [9.17, 15) is 4.79 Å². The van der Waals surface area contributed by atoms with Crippen LogP contribution in [0.15, 0.2) is 18.2 Å². The van der Waals surface area contributed by atoms with Gasteiger partial charge in [-0.1, -0.05) is 6.07 Å². The topological polar surface area (TPSA) is 59.8 Å². The van der Waals surface area contributed by atoms with Crippen LogP contribution in [-0.2, 0) is 32.2 Å². The summed E-state index contributed by atoms with van der Waals surface area (Å²) in [4.78, 5) is 12.3. The first-order valence-electron chi connectivity index (χ1n) is 8.12. The number of benzene rings is 1. The van der Waals surface area contributed by atoms with Crippen LogP contribution in [0, 0.1) is 0 Å². The molecule has 1 N–H and O–H groups in total. The molecule has 0 atom stereocenters. The van der Waals surface area contributed by atoms with Crippen molar-refractivity contribution in [1.29, 1.82) is 0 Å². The minimum absolute atomic E-state index is 0.0101. The van der Waals surface area contributed by atoms with Crippen LogP contribution in [-0.4, -0.2) is 27.2 Å². The highest BCUT2D eigenvalue weighted by atomic mass is 16.1. The van der Waals surface area contributed by atoms with Crippen LogP contribution >= 0.6 is 0 Å².